The lowest BCUT2D eigenvalue weighted by atomic mass is 10.0. The second kappa shape index (κ2) is 7.16. The first-order valence-corrected chi connectivity index (χ1v) is 6.49. The molecule has 0 fully saturated rings. The molecule has 1 rings (SSSR count). The van der Waals surface area contributed by atoms with Crippen molar-refractivity contribution >= 4 is 27.8 Å². The van der Waals surface area contributed by atoms with Crippen LogP contribution in [0.5, 0.6) is 0 Å². The Labute approximate surface area is 115 Å². The van der Waals surface area contributed by atoms with Gasteiger partial charge in [-0.3, -0.25) is 9.59 Å². The summed E-state index contributed by atoms with van der Waals surface area (Å²) in [6.07, 6.45) is 0.255. The van der Waals surface area contributed by atoms with Crippen LogP contribution in [0, 0.1) is 5.92 Å². The third-order valence-corrected chi connectivity index (χ3v) is 2.93. The molecule has 0 saturated carbocycles. The van der Waals surface area contributed by atoms with Crippen molar-refractivity contribution in [2.24, 2.45) is 5.92 Å². The summed E-state index contributed by atoms with van der Waals surface area (Å²) in [5, 5.41) is 11.4. The number of carbonyl (C=O) groups is 2. The van der Waals surface area contributed by atoms with E-state index in [1.165, 1.54) is 0 Å². The van der Waals surface area contributed by atoms with Crippen molar-refractivity contribution in [1.29, 1.82) is 0 Å². The van der Waals surface area contributed by atoms with Crippen LogP contribution in [0.4, 0.5) is 0 Å². The minimum atomic E-state index is -0.873. The van der Waals surface area contributed by atoms with Crippen LogP contribution in [-0.2, 0) is 16.1 Å². The van der Waals surface area contributed by atoms with Gasteiger partial charge in [-0.15, -0.1) is 0 Å². The summed E-state index contributed by atoms with van der Waals surface area (Å²) in [6, 6.07) is 7.67. The van der Waals surface area contributed by atoms with E-state index in [4.69, 9.17) is 5.11 Å². The molecule has 1 unspecified atom stereocenters. The Morgan fingerprint density at radius 3 is 2.72 bits per heavy atom. The van der Waals surface area contributed by atoms with E-state index >= 15 is 0 Å². The summed E-state index contributed by atoms with van der Waals surface area (Å²) in [4.78, 5) is 22.0. The summed E-state index contributed by atoms with van der Waals surface area (Å²) < 4.78 is 0.966. The molecule has 0 aliphatic heterocycles. The van der Waals surface area contributed by atoms with Gasteiger partial charge in [-0.05, 0) is 23.6 Å². The molecule has 0 aliphatic rings. The van der Waals surface area contributed by atoms with Gasteiger partial charge in [0.25, 0.3) is 0 Å². The maximum Gasteiger partial charge on any atom is 0.303 e. The number of carboxylic acid groups (broad SMARTS) is 1. The van der Waals surface area contributed by atoms with Crippen molar-refractivity contribution in [2.75, 3.05) is 0 Å². The van der Waals surface area contributed by atoms with Crippen LogP contribution in [-0.4, -0.2) is 17.0 Å². The largest absolute Gasteiger partial charge is 0.481 e. The van der Waals surface area contributed by atoms with Gasteiger partial charge < -0.3 is 10.4 Å². The number of benzene rings is 1. The summed E-state index contributed by atoms with van der Waals surface area (Å²) in [6.45, 7) is 2.21. The Morgan fingerprint density at radius 1 is 1.39 bits per heavy atom. The molecular weight excluding hydrogens is 298 g/mol. The molecule has 98 valence electrons. The fraction of sp³-hybridized carbons (Fsp3) is 0.385. The highest BCUT2D eigenvalue weighted by molar-refractivity contribution is 9.10. The van der Waals surface area contributed by atoms with Gasteiger partial charge in [0.2, 0.25) is 5.91 Å². The lowest BCUT2D eigenvalue weighted by Gasteiger charge is -2.09. The van der Waals surface area contributed by atoms with Crippen molar-refractivity contribution in [3.63, 3.8) is 0 Å². The van der Waals surface area contributed by atoms with Gasteiger partial charge in [-0.25, -0.2) is 0 Å². The lowest BCUT2D eigenvalue weighted by Crippen LogP contribution is -2.25. The van der Waals surface area contributed by atoms with Crippen molar-refractivity contribution in [2.45, 2.75) is 26.3 Å². The van der Waals surface area contributed by atoms with Crippen LogP contribution < -0.4 is 5.32 Å². The Morgan fingerprint density at radius 2 is 2.11 bits per heavy atom. The van der Waals surface area contributed by atoms with Crippen LogP contribution in [0.3, 0.4) is 0 Å². The number of hydrogen-bond donors (Lipinski definition) is 2. The molecule has 1 aromatic carbocycles. The number of amides is 1. The molecule has 0 saturated heterocycles. The van der Waals surface area contributed by atoms with Crippen molar-refractivity contribution in [3.8, 4) is 0 Å². The Hall–Kier alpha value is -1.36. The summed E-state index contributed by atoms with van der Waals surface area (Å²) >= 11 is 3.36. The van der Waals surface area contributed by atoms with Gasteiger partial charge >= 0.3 is 5.97 Å². The lowest BCUT2D eigenvalue weighted by molar-refractivity contribution is -0.138. The van der Waals surface area contributed by atoms with Crippen LogP contribution in [0.15, 0.2) is 28.7 Å². The first kappa shape index (κ1) is 14.7. The number of halogens is 1. The zero-order valence-corrected chi connectivity index (χ0v) is 11.7. The van der Waals surface area contributed by atoms with E-state index in [2.05, 4.69) is 21.2 Å². The van der Waals surface area contributed by atoms with Crippen LogP contribution in [0.2, 0.25) is 0 Å². The maximum absolute atomic E-state index is 11.6. The molecule has 0 spiro atoms. The normalized spacial score (nSPS) is 11.9. The van der Waals surface area contributed by atoms with Crippen molar-refractivity contribution in [3.05, 3.63) is 34.3 Å². The Balaban J connectivity index is 2.35. The van der Waals surface area contributed by atoms with Crippen LogP contribution in [0.1, 0.15) is 25.3 Å². The summed E-state index contributed by atoms with van der Waals surface area (Å²) in [5.74, 6) is -1.14. The first-order chi connectivity index (χ1) is 8.47. The molecule has 0 bridgehead atoms. The predicted octanol–water partition coefficient (Wildman–Crippen LogP) is 2.57. The molecule has 0 radical (unpaired) electrons. The van der Waals surface area contributed by atoms with Crippen molar-refractivity contribution in [1.82, 2.24) is 5.32 Å². The Kier molecular flexibility index (Phi) is 5.85. The minimum absolute atomic E-state index is 0.0182. The number of rotatable bonds is 6. The maximum atomic E-state index is 11.6. The summed E-state index contributed by atoms with van der Waals surface area (Å²) in [5.41, 5.74) is 1.00. The second-order valence-electron chi connectivity index (χ2n) is 4.31. The van der Waals surface area contributed by atoms with E-state index in [9.17, 15) is 9.59 Å². The van der Waals surface area contributed by atoms with E-state index in [0.717, 1.165) is 10.0 Å². The van der Waals surface area contributed by atoms with E-state index in [1.807, 2.05) is 24.3 Å². The molecule has 1 atom stereocenters. The molecule has 1 amide bonds. The number of aliphatic carboxylic acids is 1. The van der Waals surface area contributed by atoms with Gasteiger partial charge in [0.1, 0.15) is 0 Å². The zero-order valence-electron chi connectivity index (χ0n) is 10.1. The van der Waals surface area contributed by atoms with E-state index < -0.39 is 5.97 Å². The second-order valence-corrected chi connectivity index (χ2v) is 5.23. The molecule has 2 N–H and O–H groups in total. The minimum Gasteiger partial charge on any atom is -0.481 e. The fourth-order valence-electron chi connectivity index (χ4n) is 1.61. The number of carboxylic acids is 1. The molecule has 0 aliphatic carbocycles. The van der Waals surface area contributed by atoms with Crippen LogP contribution >= 0.6 is 15.9 Å². The topological polar surface area (TPSA) is 66.4 Å². The SMILES string of the molecule is CC(CC(=O)O)CC(=O)NCc1cccc(Br)c1. The standard InChI is InChI=1S/C13H16BrNO3/c1-9(6-13(17)18)5-12(16)15-8-10-3-2-4-11(14)7-10/h2-4,7,9H,5-6,8H2,1H3,(H,15,16)(H,17,18). The van der Waals surface area contributed by atoms with E-state index in [1.54, 1.807) is 6.92 Å². The van der Waals surface area contributed by atoms with Crippen molar-refractivity contribution < 1.29 is 14.7 Å². The number of hydrogen-bond acceptors (Lipinski definition) is 2. The quantitative estimate of drug-likeness (QED) is 0.848. The highest BCUT2D eigenvalue weighted by atomic mass is 79.9. The average Bonchev–Trinajstić information content (AvgIpc) is 2.25. The average molecular weight is 314 g/mol. The molecule has 0 heterocycles. The Bertz CT molecular complexity index is 434. The summed E-state index contributed by atoms with van der Waals surface area (Å²) in [7, 11) is 0. The first-order valence-electron chi connectivity index (χ1n) is 5.70. The fourth-order valence-corrected chi connectivity index (χ4v) is 2.05. The third-order valence-electron chi connectivity index (χ3n) is 2.44. The van der Waals surface area contributed by atoms with Gasteiger partial charge in [0.05, 0.1) is 0 Å². The highest BCUT2D eigenvalue weighted by Gasteiger charge is 2.12. The van der Waals surface area contributed by atoms with E-state index in [-0.39, 0.29) is 24.7 Å². The molecule has 1 aromatic rings. The molecule has 5 heteroatoms. The zero-order chi connectivity index (χ0) is 13.5. The van der Waals surface area contributed by atoms with Gasteiger partial charge in [0, 0.05) is 23.9 Å². The molecular formula is C13H16BrNO3. The molecule has 18 heavy (non-hydrogen) atoms. The van der Waals surface area contributed by atoms with E-state index in [0.29, 0.717) is 6.54 Å². The monoisotopic (exact) mass is 313 g/mol. The van der Waals surface area contributed by atoms with Gasteiger partial charge in [0.15, 0.2) is 0 Å². The molecule has 4 nitrogen and oxygen atoms in total. The highest BCUT2D eigenvalue weighted by Crippen LogP contribution is 2.12. The predicted molar refractivity (Wildman–Crippen MR) is 72.0 cm³/mol. The van der Waals surface area contributed by atoms with Gasteiger partial charge in [-0.2, -0.15) is 0 Å². The van der Waals surface area contributed by atoms with Gasteiger partial charge in [-0.1, -0.05) is 35.0 Å². The molecule has 0 aromatic heterocycles. The van der Waals surface area contributed by atoms with Crippen LogP contribution in [0.25, 0.3) is 0 Å². The number of carbonyl (C=O) groups excluding carboxylic acids is 1. The third kappa shape index (κ3) is 5.82. The number of nitrogens with one attached hydrogen (secondary N) is 1. The smallest absolute Gasteiger partial charge is 0.303 e.